The first-order chi connectivity index (χ1) is 8.81. The molecule has 100 valence electrons. The lowest BCUT2D eigenvalue weighted by atomic mass is 10.3. The summed E-state index contributed by atoms with van der Waals surface area (Å²) in [4.78, 5) is 7.69. The summed E-state index contributed by atoms with van der Waals surface area (Å²) in [5.41, 5.74) is 5.92. The fourth-order valence-corrected chi connectivity index (χ4v) is 2.56. The lowest BCUT2D eigenvalue weighted by Gasteiger charge is -2.25. The molecular weight excluding hydrogens is 250 g/mol. The van der Waals surface area contributed by atoms with Crippen molar-refractivity contribution in [3.63, 3.8) is 0 Å². The quantitative estimate of drug-likeness (QED) is 0.748. The van der Waals surface area contributed by atoms with Crippen LogP contribution in [0.4, 0.5) is 0 Å². The maximum atomic E-state index is 5.92. The number of nitrogens with two attached hydrogens (primary N) is 1. The second kappa shape index (κ2) is 6.72. The second-order valence-corrected chi connectivity index (χ2v) is 5.16. The largest absolute Gasteiger partial charge is 0.382 e. The summed E-state index contributed by atoms with van der Waals surface area (Å²) >= 11 is 1.73. The van der Waals surface area contributed by atoms with Crippen molar-refractivity contribution in [3.05, 3.63) is 22.4 Å². The number of ether oxygens (including phenoxy) is 2. The van der Waals surface area contributed by atoms with Crippen molar-refractivity contribution in [2.24, 2.45) is 10.7 Å². The highest BCUT2D eigenvalue weighted by Gasteiger charge is 2.26. The van der Waals surface area contributed by atoms with Gasteiger partial charge in [0.25, 0.3) is 0 Å². The monoisotopic (exact) mass is 269 g/mol. The molecular formula is C12H19N3O2S. The topological polar surface area (TPSA) is 60.1 Å². The zero-order valence-electron chi connectivity index (χ0n) is 10.5. The highest BCUT2D eigenvalue weighted by molar-refractivity contribution is 7.09. The van der Waals surface area contributed by atoms with Crippen LogP contribution >= 0.6 is 11.3 Å². The Labute approximate surface area is 111 Å². The molecule has 1 aromatic rings. The van der Waals surface area contributed by atoms with Gasteiger partial charge < -0.3 is 20.1 Å². The molecule has 0 saturated carbocycles. The number of methoxy groups -OCH3 is 1. The minimum Gasteiger partial charge on any atom is -0.382 e. The molecule has 1 unspecified atom stereocenters. The molecule has 0 spiro atoms. The molecule has 6 heteroatoms. The molecule has 18 heavy (non-hydrogen) atoms. The Balaban J connectivity index is 1.83. The van der Waals surface area contributed by atoms with Crippen LogP contribution in [0.5, 0.6) is 0 Å². The Morgan fingerprint density at radius 3 is 3.17 bits per heavy atom. The Kier molecular flexibility index (Phi) is 4.98. The Morgan fingerprint density at radius 2 is 2.44 bits per heavy atom. The maximum absolute atomic E-state index is 5.92. The molecule has 0 fully saturated rings. The van der Waals surface area contributed by atoms with Crippen LogP contribution in [0.15, 0.2) is 22.5 Å². The van der Waals surface area contributed by atoms with Crippen LogP contribution < -0.4 is 5.73 Å². The number of guanidine groups is 1. The number of nitrogens with zero attached hydrogens (tertiary/aromatic N) is 2. The van der Waals surface area contributed by atoms with Gasteiger partial charge in [0.05, 0.1) is 39.0 Å². The van der Waals surface area contributed by atoms with Crippen molar-refractivity contribution in [2.45, 2.75) is 12.6 Å². The number of hydrogen-bond acceptors (Lipinski definition) is 6. The predicted molar refractivity (Wildman–Crippen MR) is 72.8 cm³/mol. The van der Waals surface area contributed by atoms with Gasteiger partial charge in [0.1, 0.15) is 0 Å². The van der Waals surface area contributed by atoms with E-state index >= 15 is 0 Å². The van der Waals surface area contributed by atoms with E-state index in [1.807, 2.05) is 6.07 Å². The highest BCUT2D eigenvalue weighted by atomic mass is 32.1. The van der Waals surface area contributed by atoms with Crippen LogP contribution in [0.25, 0.3) is 0 Å². The number of hydrogen-bond donors (Lipinski definition) is 1. The van der Waals surface area contributed by atoms with E-state index in [2.05, 4.69) is 21.3 Å². The molecule has 0 bridgehead atoms. The third-order valence-electron chi connectivity index (χ3n) is 2.85. The van der Waals surface area contributed by atoms with E-state index in [-0.39, 0.29) is 6.04 Å². The highest BCUT2D eigenvalue weighted by Crippen LogP contribution is 2.17. The molecule has 1 aromatic heterocycles. The van der Waals surface area contributed by atoms with Crippen molar-refractivity contribution in [1.82, 2.24) is 4.90 Å². The van der Waals surface area contributed by atoms with Crippen LogP contribution in [0, 0.1) is 0 Å². The molecule has 5 nitrogen and oxygen atoms in total. The number of thiophene rings is 1. The van der Waals surface area contributed by atoms with E-state index in [9.17, 15) is 0 Å². The van der Waals surface area contributed by atoms with Gasteiger partial charge in [-0.25, -0.2) is 0 Å². The third kappa shape index (κ3) is 3.44. The predicted octanol–water partition coefficient (Wildman–Crippen LogP) is 0.910. The third-order valence-corrected chi connectivity index (χ3v) is 3.71. The summed E-state index contributed by atoms with van der Waals surface area (Å²) in [6.07, 6.45) is 0. The van der Waals surface area contributed by atoms with Gasteiger partial charge in [0.15, 0.2) is 5.96 Å². The van der Waals surface area contributed by atoms with Crippen molar-refractivity contribution in [3.8, 4) is 0 Å². The summed E-state index contributed by atoms with van der Waals surface area (Å²) < 4.78 is 10.5. The molecule has 0 radical (unpaired) electrons. The average Bonchev–Trinajstić information content (AvgIpc) is 2.99. The fourth-order valence-electron chi connectivity index (χ4n) is 1.86. The molecule has 0 aliphatic carbocycles. The van der Waals surface area contributed by atoms with Crippen LogP contribution in [0.3, 0.4) is 0 Å². The molecule has 1 aliphatic rings. The normalized spacial score (nSPS) is 19.3. The van der Waals surface area contributed by atoms with Crippen molar-refractivity contribution in [2.75, 3.05) is 33.5 Å². The van der Waals surface area contributed by atoms with E-state index in [1.54, 1.807) is 18.4 Å². The second-order valence-electron chi connectivity index (χ2n) is 4.13. The van der Waals surface area contributed by atoms with Crippen LogP contribution in [0.1, 0.15) is 4.88 Å². The lowest BCUT2D eigenvalue weighted by molar-refractivity contribution is 0.0481. The van der Waals surface area contributed by atoms with E-state index in [1.165, 1.54) is 4.88 Å². The smallest absolute Gasteiger partial charge is 0.192 e. The molecule has 0 aromatic carbocycles. The van der Waals surface area contributed by atoms with Crippen LogP contribution in [-0.2, 0) is 16.0 Å². The van der Waals surface area contributed by atoms with Gasteiger partial charge in [-0.2, -0.15) is 0 Å². The van der Waals surface area contributed by atoms with Crippen LogP contribution in [0.2, 0.25) is 0 Å². The van der Waals surface area contributed by atoms with Crippen molar-refractivity contribution >= 4 is 17.3 Å². The minimum absolute atomic E-state index is 0.240. The SMILES string of the molecule is COCCOCC1CN=C(N)N1Cc1cccs1. The molecule has 2 N–H and O–H groups in total. The number of rotatable bonds is 7. The first-order valence-corrected chi connectivity index (χ1v) is 6.85. The van der Waals surface area contributed by atoms with E-state index < -0.39 is 0 Å². The van der Waals surface area contributed by atoms with Gasteiger partial charge >= 0.3 is 0 Å². The fraction of sp³-hybridized carbons (Fsp3) is 0.583. The average molecular weight is 269 g/mol. The molecule has 0 amide bonds. The number of aliphatic imine (C=N–C) groups is 1. The summed E-state index contributed by atoms with van der Waals surface area (Å²) in [6.45, 7) is 3.39. The van der Waals surface area contributed by atoms with Gasteiger partial charge in [0.2, 0.25) is 0 Å². The zero-order chi connectivity index (χ0) is 12.8. The van der Waals surface area contributed by atoms with Gasteiger partial charge in [-0.3, -0.25) is 4.99 Å². The standard InChI is InChI=1S/C12H19N3O2S/c1-16-4-5-17-9-10-7-14-12(13)15(10)8-11-3-2-6-18-11/h2-3,6,10H,4-5,7-9H2,1H3,(H2,13,14). The molecule has 1 atom stereocenters. The lowest BCUT2D eigenvalue weighted by Crippen LogP contribution is -2.42. The zero-order valence-corrected chi connectivity index (χ0v) is 11.4. The van der Waals surface area contributed by atoms with E-state index in [4.69, 9.17) is 15.2 Å². The van der Waals surface area contributed by atoms with Crippen LogP contribution in [-0.4, -0.2) is 50.4 Å². The molecule has 1 aliphatic heterocycles. The molecule has 2 heterocycles. The Bertz CT molecular complexity index is 381. The van der Waals surface area contributed by atoms with E-state index in [0.29, 0.717) is 32.3 Å². The first-order valence-electron chi connectivity index (χ1n) is 5.97. The minimum atomic E-state index is 0.240. The summed E-state index contributed by atoms with van der Waals surface area (Å²) in [7, 11) is 1.67. The van der Waals surface area contributed by atoms with Crippen molar-refractivity contribution in [1.29, 1.82) is 0 Å². The van der Waals surface area contributed by atoms with Gasteiger partial charge in [-0.1, -0.05) is 6.07 Å². The first kappa shape index (κ1) is 13.3. The molecule has 0 saturated heterocycles. The summed E-state index contributed by atoms with van der Waals surface area (Å²) in [6, 6.07) is 4.40. The van der Waals surface area contributed by atoms with Crippen molar-refractivity contribution < 1.29 is 9.47 Å². The molecule has 2 rings (SSSR count). The van der Waals surface area contributed by atoms with Gasteiger partial charge in [0, 0.05) is 12.0 Å². The summed E-state index contributed by atoms with van der Waals surface area (Å²) in [5, 5.41) is 2.07. The maximum Gasteiger partial charge on any atom is 0.192 e. The van der Waals surface area contributed by atoms with Gasteiger partial charge in [-0.15, -0.1) is 11.3 Å². The summed E-state index contributed by atoms with van der Waals surface area (Å²) in [5.74, 6) is 0.615. The Hall–Kier alpha value is -1.11. The van der Waals surface area contributed by atoms with E-state index in [0.717, 1.165) is 6.54 Å². The Morgan fingerprint density at radius 1 is 1.56 bits per heavy atom. The van der Waals surface area contributed by atoms with Gasteiger partial charge in [-0.05, 0) is 11.4 Å².